The van der Waals surface area contributed by atoms with Crippen LogP contribution in [-0.4, -0.2) is 88.7 Å². The SMILES string of the molecule is CCCCC/C=C\C/C=C\CCCCCCCC(=O)OC[C@H](COP(=O)(O)OCCN)OC(=O)CCCCC(=O)C[C@@H]1[C@@H](/C=C/[C@@H](O)CCCCC)[C@H](O)C[C@@H]1O. The molecule has 0 radical (unpaired) electrons. The molecular weight excluding hydrogens is 753 g/mol. The van der Waals surface area contributed by atoms with Gasteiger partial charge in [-0.25, -0.2) is 4.57 Å². The number of hydrogen-bond donors (Lipinski definition) is 5. The topological polar surface area (TPSA) is 212 Å². The van der Waals surface area contributed by atoms with Crippen LogP contribution in [0.4, 0.5) is 0 Å². The number of ether oxygens (including phenoxy) is 2. The Morgan fingerprint density at radius 3 is 2.09 bits per heavy atom. The van der Waals surface area contributed by atoms with Gasteiger partial charge in [0.25, 0.3) is 0 Å². The third-order valence-electron chi connectivity index (χ3n) is 9.98. The molecular formula is C43H76NO12P. The highest BCUT2D eigenvalue weighted by atomic mass is 31.2. The molecule has 6 N–H and O–H groups in total. The number of hydrogen-bond acceptors (Lipinski definition) is 12. The quantitative estimate of drug-likeness (QED) is 0.0177. The minimum Gasteiger partial charge on any atom is -0.462 e. The Labute approximate surface area is 342 Å². The van der Waals surface area contributed by atoms with Gasteiger partial charge in [-0.3, -0.25) is 23.4 Å². The molecule has 0 aromatic heterocycles. The highest BCUT2D eigenvalue weighted by Gasteiger charge is 2.41. The number of carbonyl (C=O) groups is 3. The van der Waals surface area contributed by atoms with Gasteiger partial charge in [-0.1, -0.05) is 102 Å². The van der Waals surface area contributed by atoms with Crippen molar-refractivity contribution in [3.05, 3.63) is 36.5 Å². The first-order valence-electron chi connectivity index (χ1n) is 21.6. The predicted octanol–water partition coefficient (Wildman–Crippen LogP) is 7.72. The third-order valence-corrected chi connectivity index (χ3v) is 11.0. The maximum absolute atomic E-state index is 12.8. The molecule has 0 bridgehead atoms. The van der Waals surface area contributed by atoms with E-state index in [0.29, 0.717) is 25.7 Å². The summed E-state index contributed by atoms with van der Waals surface area (Å²) >= 11 is 0. The largest absolute Gasteiger partial charge is 0.472 e. The maximum Gasteiger partial charge on any atom is 0.472 e. The maximum atomic E-state index is 12.8. The van der Waals surface area contributed by atoms with E-state index in [4.69, 9.17) is 24.3 Å². The number of aliphatic hydroxyl groups excluding tert-OH is 3. The van der Waals surface area contributed by atoms with Crippen molar-refractivity contribution in [1.29, 1.82) is 0 Å². The summed E-state index contributed by atoms with van der Waals surface area (Å²) in [6.07, 6.45) is 25.2. The van der Waals surface area contributed by atoms with Gasteiger partial charge in [0.1, 0.15) is 12.4 Å². The lowest BCUT2D eigenvalue weighted by atomic mass is 9.87. The van der Waals surface area contributed by atoms with E-state index in [1.54, 1.807) is 12.2 Å². The molecule has 1 saturated carbocycles. The average Bonchev–Trinajstić information content (AvgIpc) is 3.44. The first kappa shape index (κ1) is 52.8. The minimum atomic E-state index is -4.49. The van der Waals surface area contributed by atoms with Crippen molar-refractivity contribution in [2.45, 2.75) is 180 Å². The Balaban J connectivity index is 2.45. The zero-order valence-electron chi connectivity index (χ0n) is 34.9. The number of rotatable bonds is 36. The van der Waals surface area contributed by atoms with Crippen LogP contribution in [0.2, 0.25) is 0 Å². The Morgan fingerprint density at radius 2 is 1.39 bits per heavy atom. The summed E-state index contributed by atoms with van der Waals surface area (Å²) in [5, 5.41) is 31.3. The molecule has 57 heavy (non-hydrogen) atoms. The highest BCUT2D eigenvalue weighted by Crippen LogP contribution is 2.43. The van der Waals surface area contributed by atoms with Crippen LogP contribution in [0.3, 0.4) is 0 Å². The van der Waals surface area contributed by atoms with Crippen molar-refractivity contribution >= 4 is 25.5 Å². The number of allylic oxidation sites excluding steroid dienone is 4. The van der Waals surface area contributed by atoms with Crippen LogP contribution < -0.4 is 5.73 Å². The summed E-state index contributed by atoms with van der Waals surface area (Å²) in [5.41, 5.74) is 5.33. The standard InChI is InChI=1S/C43H76NO12P/c1-3-5-7-8-9-10-11-12-13-14-15-16-17-18-20-25-42(49)53-33-37(34-55-57(51,52)54-30-29-44)56-43(50)26-22-21-24-36(46)31-39-38(40(47)32-41(39)48)28-27-35(45)23-19-6-4-2/h9-10,12-13,27-28,35,37-41,45,47-48H,3-8,11,14-26,29-34,44H2,1-2H3,(H,51,52)/b10-9-,13-12-,28-27+/t35-,37+,38+,39+,40+,41-/m0/s1. The van der Waals surface area contributed by atoms with Gasteiger partial charge in [-0.2, -0.15) is 0 Å². The fourth-order valence-electron chi connectivity index (χ4n) is 6.66. The van der Waals surface area contributed by atoms with E-state index < -0.39 is 62.6 Å². The normalized spacial score (nSPS) is 20.7. The van der Waals surface area contributed by atoms with E-state index in [9.17, 15) is 39.2 Å². The van der Waals surface area contributed by atoms with Crippen molar-refractivity contribution in [1.82, 2.24) is 0 Å². The monoisotopic (exact) mass is 830 g/mol. The first-order chi connectivity index (χ1) is 27.4. The van der Waals surface area contributed by atoms with Gasteiger partial charge < -0.3 is 35.4 Å². The van der Waals surface area contributed by atoms with Crippen molar-refractivity contribution in [3.63, 3.8) is 0 Å². The molecule has 14 heteroatoms. The molecule has 1 aliphatic carbocycles. The Hall–Kier alpha value is -2.22. The summed E-state index contributed by atoms with van der Waals surface area (Å²) in [7, 11) is -4.49. The average molecular weight is 830 g/mol. The van der Waals surface area contributed by atoms with Crippen molar-refractivity contribution in [3.8, 4) is 0 Å². The number of esters is 2. The fraction of sp³-hybridized carbons (Fsp3) is 0.791. The Bertz CT molecular complexity index is 1210. The molecule has 0 saturated heterocycles. The predicted molar refractivity (Wildman–Crippen MR) is 222 cm³/mol. The summed E-state index contributed by atoms with van der Waals surface area (Å²) in [5.74, 6) is -2.16. The van der Waals surface area contributed by atoms with E-state index in [1.807, 2.05) is 0 Å². The van der Waals surface area contributed by atoms with E-state index in [2.05, 4.69) is 38.2 Å². The van der Waals surface area contributed by atoms with Gasteiger partial charge in [-0.05, 0) is 57.8 Å². The number of ketones is 1. The first-order valence-corrected chi connectivity index (χ1v) is 23.1. The van der Waals surface area contributed by atoms with E-state index in [-0.39, 0.29) is 57.6 Å². The Kier molecular flexibility index (Phi) is 31.1. The van der Waals surface area contributed by atoms with Gasteiger partial charge in [0.05, 0.1) is 31.5 Å². The lowest BCUT2D eigenvalue weighted by Gasteiger charge is -2.20. The van der Waals surface area contributed by atoms with Crippen molar-refractivity contribution in [2.75, 3.05) is 26.4 Å². The third kappa shape index (κ3) is 28.0. The van der Waals surface area contributed by atoms with Crippen LogP contribution in [-0.2, 0) is 37.5 Å². The van der Waals surface area contributed by atoms with E-state index >= 15 is 0 Å². The highest BCUT2D eigenvalue weighted by molar-refractivity contribution is 7.47. The number of Topliss-reactive ketones (excluding diaryl/α,β-unsaturated/α-hetero) is 1. The number of phosphoric ester groups is 1. The number of phosphoric acid groups is 1. The lowest BCUT2D eigenvalue weighted by molar-refractivity contribution is -0.161. The number of aliphatic hydroxyl groups is 3. The van der Waals surface area contributed by atoms with Crippen LogP contribution in [0.25, 0.3) is 0 Å². The molecule has 1 aliphatic rings. The van der Waals surface area contributed by atoms with E-state index in [1.165, 1.54) is 19.3 Å². The second-order valence-electron chi connectivity index (χ2n) is 15.2. The molecule has 0 amide bonds. The van der Waals surface area contributed by atoms with Crippen LogP contribution in [0.1, 0.15) is 155 Å². The molecule has 1 fully saturated rings. The van der Waals surface area contributed by atoms with Gasteiger partial charge in [0, 0.05) is 50.5 Å². The molecule has 330 valence electrons. The number of nitrogens with two attached hydrogens (primary N) is 1. The molecule has 0 aromatic rings. The molecule has 7 atom stereocenters. The zero-order valence-corrected chi connectivity index (χ0v) is 35.8. The number of carbonyl (C=O) groups excluding carboxylic acids is 3. The fourth-order valence-corrected chi connectivity index (χ4v) is 7.42. The Morgan fingerprint density at radius 1 is 0.772 bits per heavy atom. The van der Waals surface area contributed by atoms with Crippen LogP contribution in [0.5, 0.6) is 0 Å². The lowest BCUT2D eigenvalue weighted by Crippen LogP contribution is -2.29. The van der Waals surface area contributed by atoms with Gasteiger partial charge >= 0.3 is 19.8 Å². The van der Waals surface area contributed by atoms with Crippen molar-refractivity contribution < 1.29 is 57.7 Å². The molecule has 13 nitrogen and oxygen atoms in total. The van der Waals surface area contributed by atoms with E-state index in [0.717, 1.165) is 64.2 Å². The number of unbranched alkanes of at least 4 members (excludes halogenated alkanes) is 11. The molecule has 0 aromatic carbocycles. The van der Waals surface area contributed by atoms with Crippen molar-refractivity contribution in [2.24, 2.45) is 17.6 Å². The summed E-state index contributed by atoms with van der Waals surface area (Å²) in [4.78, 5) is 47.9. The van der Waals surface area contributed by atoms with Crippen LogP contribution in [0, 0.1) is 11.8 Å². The van der Waals surface area contributed by atoms with Crippen LogP contribution >= 0.6 is 7.82 Å². The second-order valence-corrected chi connectivity index (χ2v) is 16.6. The van der Waals surface area contributed by atoms with Gasteiger partial charge in [0.2, 0.25) is 0 Å². The zero-order chi connectivity index (χ0) is 42.2. The summed E-state index contributed by atoms with van der Waals surface area (Å²) in [6.45, 7) is 3.13. The van der Waals surface area contributed by atoms with Gasteiger partial charge in [0.15, 0.2) is 6.10 Å². The van der Waals surface area contributed by atoms with Gasteiger partial charge in [-0.15, -0.1) is 0 Å². The smallest absolute Gasteiger partial charge is 0.462 e. The minimum absolute atomic E-state index is 0.00917. The summed E-state index contributed by atoms with van der Waals surface area (Å²) in [6, 6.07) is 0. The summed E-state index contributed by atoms with van der Waals surface area (Å²) < 4.78 is 32.6. The van der Waals surface area contributed by atoms with Crippen LogP contribution in [0.15, 0.2) is 36.5 Å². The molecule has 0 spiro atoms. The molecule has 0 heterocycles. The molecule has 1 unspecified atom stereocenters. The molecule has 0 aliphatic heterocycles. The molecule has 1 rings (SSSR count). The second kappa shape index (κ2) is 33.6.